The lowest BCUT2D eigenvalue weighted by molar-refractivity contribution is -0.148. The molecular weight excluding hydrogens is 951 g/mol. The Labute approximate surface area is 427 Å². The Bertz CT molecular complexity index is 2730. The van der Waals surface area contributed by atoms with E-state index < -0.39 is 108 Å². The van der Waals surface area contributed by atoms with Crippen LogP contribution in [0, 0.1) is 0 Å². The molecule has 13 N–H and O–H groups in total. The first-order valence-electron chi connectivity index (χ1n) is 25.0. The van der Waals surface area contributed by atoms with Gasteiger partial charge in [-0.25, -0.2) is 0 Å². The van der Waals surface area contributed by atoms with Crippen LogP contribution >= 0.6 is 0 Å². The van der Waals surface area contributed by atoms with E-state index in [1.165, 1.54) is 16.7 Å². The molecule has 0 bridgehead atoms. The molecule has 3 fully saturated rings. The Hall–Kier alpha value is -8.30. The van der Waals surface area contributed by atoms with Crippen molar-refractivity contribution in [3.8, 4) is 0 Å². The first-order valence-corrected chi connectivity index (χ1v) is 25.0. The molecule has 7 rings (SSSR count). The highest BCUT2D eigenvalue weighted by Crippen LogP contribution is 2.27. The molecule has 0 unspecified atom stereocenters. The zero-order valence-electron chi connectivity index (χ0n) is 41.2. The van der Waals surface area contributed by atoms with E-state index in [1.807, 2.05) is 24.3 Å². The Morgan fingerprint density at radius 3 is 1.69 bits per heavy atom. The number of benzene rings is 3. The van der Waals surface area contributed by atoms with Crippen molar-refractivity contribution in [1.82, 2.24) is 46.7 Å². The van der Waals surface area contributed by atoms with Crippen molar-refractivity contribution in [2.75, 3.05) is 19.6 Å². The van der Waals surface area contributed by atoms with Crippen LogP contribution in [0.5, 0.6) is 0 Å². The second-order valence-corrected chi connectivity index (χ2v) is 19.0. The molecule has 3 aliphatic heterocycles. The maximum absolute atomic E-state index is 14.9. The number of H-pyrrole nitrogens is 1. The fraction of sp³-hybridized carbons (Fsp3) is 0.423. The fourth-order valence-electron chi connectivity index (χ4n) is 9.76. The lowest BCUT2D eigenvalue weighted by Gasteiger charge is -2.33. The standard InChI is InChI=1S/C52H65N13O9/c1-30-44(67)63-40(27-33-29-57-35-18-9-8-17-34(33)35)50(73)65-24-12-21-42(65)51(74)64-23-11-20-41(64)49(72)59-36(19-10-22-56-52(54)55)45(68)60-37(25-31-13-4-2-5-14-31)47(70)61-38(26-32-15-6-3-7-16-32)48(71)62-39(28-43(53)66)46(69)58-30/h2-9,13-18,29-30,36-42,57H,10-12,19-28H2,1H3,(H2,53,66)(H,58,69)(H,59,72)(H,60,68)(H,61,70)(H,62,71)(H,63,67)(H4,54,55,56)/t30-,36-,37-,38-,39-,40-,41-,42+/m0/s1. The number of nitrogens with two attached hydrogens (primary N) is 3. The van der Waals surface area contributed by atoms with Crippen LogP contribution in [0.25, 0.3) is 10.9 Å². The number of nitrogens with zero attached hydrogens (tertiary/aromatic N) is 3. The summed E-state index contributed by atoms with van der Waals surface area (Å²) >= 11 is 0. The molecule has 8 atom stereocenters. The summed E-state index contributed by atoms with van der Waals surface area (Å²) in [7, 11) is 0. The van der Waals surface area contributed by atoms with Crippen LogP contribution in [0.3, 0.4) is 0 Å². The van der Waals surface area contributed by atoms with E-state index in [1.54, 1.807) is 66.9 Å². The van der Waals surface area contributed by atoms with Crippen LogP contribution < -0.4 is 49.1 Å². The predicted octanol–water partition coefficient (Wildman–Crippen LogP) is -0.951. The largest absolute Gasteiger partial charge is 0.370 e. The highest BCUT2D eigenvalue weighted by atomic mass is 16.2. The van der Waals surface area contributed by atoms with Crippen LogP contribution in [0.15, 0.2) is 96.1 Å². The fourth-order valence-corrected chi connectivity index (χ4v) is 9.76. The molecule has 4 heterocycles. The quantitative estimate of drug-likeness (QED) is 0.0469. The molecule has 0 spiro atoms. The normalized spacial score (nSPS) is 24.8. The van der Waals surface area contributed by atoms with Crippen LogP contribution in [0.1, 0.15) is 68.6 Å². The molecule has 392 valence electrons. The van der Waals surface area contributed by atoms with E-state index in [-0.39, 0.29) is 70.5 Å². The van der Waals surface area contributed by atoms with Crippen molar-refractivity contribution in [3.05, 3.63) is 108 Å². The number of fused-ring (bicyclic) bond motifs is 3. The molecule has 1 aromatic heterocycles. The number of guanidine groups is 1. The van der Waals surface area contributed by atoms with E-state index in [0.717, 1.165) is 10.9 Å². The van der Waals surface area contributed by atoms with E-state index in [2.05, 4.69) is 41.9 Å². The van der Waals surface area contributed by atoms with Crippen molar-refractivity contribution >= 4 is 70.0 Å². The van der Waals surface area contributed by atoms with Gasteiger partial charge in [0, 0.05) is 56.0 Å². The second-order valence-electron chi connectivity index (χ2n) is 19.0. The summed E-state index contributed by atoms with van der Waals surface area (Å²) in [5.74, 6) is -7.02. The van der Waals surface area contributed by atoms with E-state index >= 15 is 0 Å². The molecule has 22 nitrogen and oxygen atoms in total. The van der Waals surface area contributed by atoms with Gasteiger partial charge in [0.25, 0.3) is 0 Å². The molecular formula is C52H65N13O9. The minimum Gasteiger partial charge on any atom is -0.370 e. The van der Waals surface area contributed by atoms with Gasteiger partial charge in [0.2, 0.25) is 53.2 Å². The molecule has 4 aromatic rings. The van der Waals surface area contributed by atoms with Gasteiger partial charge in [-0.1, -0.05) is 78.9 Å². The van der Waals surface area contributed by atoms with Gasteiger partial charge in [0.05, 0.1) is 6.42 Å². The number of amides is 9. The van der Waals surface area contributed by atoms with Crippen molar-refractivity contribution in [1.29, 1.82) is 0 Å². The minimum atomic E-state index is -1.64. The molecule has 0 radical (unpaired) electrons. The number of aromatic nitrogens is 1. The van der Waals surface area contributed by atoms with Crippen LogP contribution in [0.4, 0.5) is 0 Å². The maximum atomic E-state index is 14.9. The zero-order chi connectivity index (χ0) is 52.9. The Kier molecular flexibility index (Phi) is 18.0. The number of carbonyl (C=O) groups excluding carboxylic acids is 9. The average Bonchev–Trinajstić information content (AvgIpc) is 4.17. The maximum Gasteiger partial charge on any atom is 0.246 e. The summed E-state index contributed by atoms with van der Waals surface area (Å²) in [6.45, 7) is 1.82. The molecule has 9 amide bonds. The third-order valence-electron chi connectivity index (χ3n) is 13.6. The second kappa shape index (κ2) is 24.9. The Morgan fingerprint density at radius 2 is 1.08 bits per heavy atom. The number of carbonyl (C=O) groups is 9. The van der Waals surface area contributed by atoms with Gasteiger partial charge in [-0.15, -0.1) is 0 Å². The molecule has 3 saturated heterocycles. The first kappa shape index (κ1) is 53.5. The Balaban J connectivity index is 1.26. The van der Waals surface area contributed by atoms with Crippen LogP contribution in [-0.2, 0) is 62.4 Å². The van der Waals surface area contributed by atoms with Crippen molar-refractivity contribution in [2.45, 2.75) is 119 Å². The van der Waals surface area contributed by atoms with E-state index in [0.29, 0.717) is 29.5 Å². The third kappa shape index (κ3) is 13.8. The summed E-state index contributed by atoms with van der Waals surface area (Å²) in [6.07, 6.45) is 2.47. The van der Waals surface area contributed by atoms with E-state index in [4.69, 9.17) is 17.2 Å². The molecule has 3 aromatic carbocycles. The van der Waals surface area contributed by atoms with Crippen molar-refractivity contribution in [3.63, 3.8) is 0 Å². The number of nitrogens with one attached hydrogen (secondary N) is 7. The van der Waals surface area contributed by atoms with Crippen molar-refractivity contribution < 1.29 is 43.2 Å². The highest BCUT2D eigenvalue weighted by molar-refractivity contribution is 6.00. The average molecular weight is 1020 g/mol. The third-order valence-corrected chi connectivity index (χ3v) is 13.6. The highest BCUT2D eigenvalue weighted by Gasteiger charge is 2.45. The molecule has 0 saturated carbocycles. The number of aromatic amines is 1. The minimum absolute atomic E-state index is 0.00408. The topological polar surface area (TPSA) is 338 Å². The van der Waals surface area contributed by atoms with Gasteiger partial charge in [-0.3, -0.25) is 48.1 Å². The summed E-state index contributed by atoms with van der Waals surface area (Å²) in [6, 6.07) is 14.5. The summed E-state index contributed by atoms with van der Waals surface area (Å²) in [4.78, 5) is 138. The number of aliphatic imine (C=N–C) groups is 1. The van der Waals surface area contributed by atoms with Gasteiger partial charge < -0.3 is 63.9 Å². The van der Waals surface area contributed by atoms with E-state index in [9.17, 15) is 43.2 Å². The lowest BCUT2D eigenvalue weighted by Crippen LogP contribution is -2.61. The molecule has 74 heavy (non-hydrogen) atoms. The van der Waals surface area contributed by atoms with Gasteiger partial charge in [-0.2, -0.15) is 0 Å². The number of para-hydroxylation sites is 1. The molecule has 0 aliphatic carbocycles. The summed E-state index contributed by atoms with van der Waals surface area (Å²) < 4.78 is 0. The van der Waals surface area contributed by atoms with Crippen molar-refractivity contribution in [2.24, 2.45) is 22.2 Å². The number of hydrogen-bond acceptors (Lipinski definition) is 10. The number of rotatable bonds is 12. The smallest absolute Gasteiger partial charge is 0.246 e. The summed E-state index contributed by atoms with van der Waals surface area (Å²) in [5.41, 5.74) is 19.5. The predicted molar refractivity (Wildman–Crippen MR) is 273 cm³/mol. The number of hydrogen-bond donors (Lipinski definition) is 10. The SMILES string of the molecule is C[C@@H]1NC(=O)[C@H](CC(N)=O)NC(=O)[C@H](Cc2ccccc2)NC(=O)[C@H](Cc2ccccc2)NC(=O)[C@H](CCCN=C(N)N)NC(=O)[C@@H]2CCCN2C(=O)[C@H]2CCCN2C(=O)[C@H](Cc2c[nH]c3ccccc23)NC1=O. The van der Waals surface area contributed by atoms with Gasteiger partial charge >= 0.3 is 0 Å². The Morgan fingerprint density at radius 1 is 0.568 bits per heavy atom. The van der Waals surface area contributed by atoms with Crippen LogP contribution in [-0.4, -0.2) is 142 Å². The van der Waals surface area contributed by atoms with Gasteiger partial charge in [-0.05, 0) is 68.2 Å². The molecule has 22 heteroatoms. The van der Waals surface area contributed by atoms with Crippen LogP contribution in [0.2, 0.25) is 0 Å². The summed E-state index contributed by atoms with van der Waals surface area (Å²) in [5, 5.41) is 17.1. The first-order chi connectivity index (χ1) is 35.6. The van der Waals surface area contributed by atoms with Gasteiger partial charge in [0.15, 0.2) is 5.96 Å². The zero-order valence-corrected chi connectivity index (χ0v) is 41.2. The monoisotopic (exact) mass is 1020 g/mol. The molecule has 3 aliphatic rings. The number of primary amides is 1. The lowest BCUT2D eigenvalue weighted by atomic mass is 10.0. The van der Waals surface area contributed by atoms with Gasteiger partial charge in [0.1, 0.15) is 48.3 Å².